The van der Waals surface area contributed by atoms with Crippen LogP contribution < -0.4 is 10.1 Å². The lowest BCUT2D eigenvalue weighted by Crippen LogP contribution is -2.65. The summed E-state index contributed by atoms with van der Waals surface area (Å²) in [5, 5.41) is 13.9. The number of fused-ring (bicyclic) bond motifs is 1. The van der Waals surface area contributed by atoms with Crippen LogP contribution in [-0.2, 0) is 9.53 Å². The van der Waals surface area contributed by atoms with E-state index in [0.717, 1.165) is 24.5 Å². The Hall–Kier alpha value is -2.89. The van der Waals surface area contributed by atoms with Gasteiger partial charge in [0, 0.05) is 33.7 Å². The van der Waals surface area contributed by atoms with Crippen molar-refractivity contribution < 1.29 is 24.2 Å². The van der Waals surface area contributed by atoms with E-state index in [1.54, 1.807) is 11.9 Å². The zero-order chi connectivity index (χ0) is 23.4. The lowest BCUT2D eigenvalue weighted by Gasteiger charge is -2.39. The molecule has 0 spiro atoms. The van der Waals surface area contributed by atoms with Crippen LogP contribution in [0.3, 0.4) is 0 Å². The van der Waals surface area contributed by atoms with Gasteiger partial charge in [-0.3, -0.25) is 19.6 Å². The minimum Gasteiger partial charge on any atom is -0.491 e. The second kappa shape index (κ2) is 10.4. The minimum absolute atomic E-state index is 0.0672. The number of aliphatic imine (C=N–C) groups is 1. The van der Waals surface area contributed by atoms with Crippen LogP contribution >= 0.6 is 0 Å². The maximum Gasteiger partial charge on any atom is 0.327 e. The van der Waals surface area contributed by atoms with E-state index >= 15 is 0 Å². The zero-order valence-corrected chi connectivity index (χ0v) is 19.1. The van der Waals surface area contributed by atoms with Crippen molar-refractivity contribution >= 4 is 17.9 Å². The lowest BCUT2D eigenvalue weighted by molar-refractivity contribution is -0.136. The van der Waals surface area contributed by atoms with Gasteiger partial charge in [0.05, 0.1) is 26.3 Å². The van der Waals surface area contributed by atoms with E-state index in [1.807, 2.05) is 30.3 Å². The van der Waals surface area contributed by atoms with Crippen LogP contribution in [0.15, 0.2) is 35.3 Å². The molecule has 0 bridgehead atoms. The summed E-state index contributed by atoms with van der Waals surface area (Å²) < 4.78 is 11.1. The smallest absolute Gasteiger partial charge is 0.327 e. The number of para-hydroxylation sites is 1. The molecule has 3 amide bonds. The number of hydrogen-bond acceptors (Lipinski definition) is 7. The molecule has 3 fully saturated rings. The van der Waals surface area contributed by atoms with Crippen LogP contribution in [0, 0.1) is 0 Å². The van der Waals surface area contributed by atoms with Gasteiger partial charge in [-0.2, -0.15) is 0 Å². The van der Waals surface area contributed by atoms with E-state index in [-0.39, 0.29) is 25.1 Å². The summed E-state index contributed by atoms with van der Waals surface area (Å²) in [5.74, 6) is 0.831. The predicted octanol–water partition coefficient (Wildman–Crippen LogP) is -0.762. The number of urea groups is 1. The first-order chi connectivity index (χ1) is 16.0. The van der Waals surface area contributed by atoms with Crippen molar-refractivity contribution in [1.82, 2.24) is 24.9 Å². The largest absolute Gasteiger partial charge is 0.491 e. The summed E-state index contributed by atoms with van der Waals surface area (Å²) in [7, 11) is 3.12. The quantitative estimate of drug-likeness (QED) is 0.521. The van der Waals surface area contributed by atoms with Gasteiger partial charge < -0.3 is 29.7 Å². The van der Waals surface area contributed by atoms with Crippen LogP contribution in [0.1, 0.15) is 0 Å². The molecule has 3 aliphatic heterocycles. The summed E-state index contributed by atoms with van der Waals surface area (Å²) in [6.07, 6.45) is -1.41. The number of rotatable bonds is 8. The monoisotopic (exact) mass is 460 g/mol. The maximum atomic E-state index is 13.0. The van der Waals surface area contributed by atoms with Crippen LogP contribution in [0.5, 0.6) is 5.75 Å². The van der Waals surface area contributed by atoms with Crippen molar-refractivity contribution in [1.29, 1.82) is 0 Å². The van der Waals surface area contributed by atoms with E-state index in [1.165, 1.54) is 11.9 Å². The number of morpholine rings is 1. The zero-order valence-electron chi connectivity index (χ0n) is 19.1. The Labute approximate surface area is 193 Å². The molecule has 3 aliphatic rings. The van der Waals surface area contributed by atoms with Crippen molar-refractivity contribution in [2.75, 3.05) is 66.6 Å². The molecule has 2 N–H and O–H groups in total. The van der Waals surface area contributed by atoms with Crippen molar-refractivity contribution in [2.24, 2.45) is 4.99 Å². The summed E-state index contributed by atoms with van der Waals surface area (Å²) in [6.45, 7) is 4.65. The van der Waals surface area contributed by atoms with Gasteiger partial charge in [-0.15, -0.1) is 0 Å². The van der Waals surface area contributed by atoms with Crippen LogP contribution in [0.4, 0.5) is 4.79 Å². The number of carbonyl (C=O) groups is 2. The van der Waals surface area contributed by atoms with Crippen LogP contribution in [0.2, 0.25) is 0 Å². The lowest BCUT2D eigenvalue weighted by atomic mass is 10.1. The van der Waals surface area contributed by atoms with Gasteiger partial charge in [-0.1, -0.05) is 18.2 Å². The average Bonchev–Trinajstić information content (AvgIpc) is 3.19. The number of aliphatic hydroxyl groups excluding tert-OH is 1. The Balaban J connectivity index is 1.46. The number of carbonyl (C=O) groups excluding carboxylic acids is 2. The predicted molar refractivity (Wildman–Crippen MR) is 121 cm³/mol. The first-order valence-corrected chi connectivity index (χ1v) is 11.2. The summed E-state index contributed by atoms with van der Waals surface area (Å²) in [6, 6.07) is 8.20. The Kier molecular flexibility index (Phi) is 7.31. The summed E-state index contributed by atoms with van der Waals surface area (Å²) in [4.78, 5) is 36.8. The highest BCUT2D eigenvalue weighted by atomic mass is 16.5. The second-order valence-electron chi connectivity index (χ2n) is 8.41. The summed E-state index contributed by atoms with van der Waals surface area (Å²) in [5.41, 5.74) is 0. The van der Waals surface area contributed by atoms with Crippen molar-refractivity contribution in [3.63, 3.8) is 0 Å². The second-order valence-corrected chi connectivity index (χ2v) is 8.41. The molecule has 4 rings (SSSR count). The van der Waals surface area contributed by atoms with Gasteiger partial charge in [-0.25, -0.2) is 4.79 Å². The van der Waals surface area contributed by atoms with Gasteiger partial charge in [0.1, 0.15) is 24.6 Å². The summed E-state index contributed by atoms with van der Waals surface area (Å²) >= 11 is 0. The maximum absolute atomic E-state index is 13.0. The Morgan fingerprint density at radius 3 is 2.67 bits per heavy atom. The molecule has 3 heterocycles. The van der Waals surface area contributed by atoms with Gasteiger partial charge >= 0.3 is 6.03 Å². The topological polar surface area (TPSA) is 110 Å². The average molecular weight is 461 g/mol. The number of guanidine groups is 1. The van der Waals surface area contributed by atoms with Gasteiger partial charge in [-0.05, 0) is 12.1 Å². The highest BCUT2D eigenvalue weighted by molar-refractivity contribution is 6.04. The number of imide groups is 1. The fourth-order valence-corrected chi connectivity index (χ4v) is 4.27. The number of likely N-dealkylation sites (N-methyl/N-ethyl adjacent to an activating group) is 2. The number of benzene rings is 1. The number of β-amino-alcohol motifs (C(OH)–C–C–N with tert-alkyl or cyclic N) is 1. The van der Waals surface area contributed by atoms with E-state index in [9.17, 15) is 14.7 Å². The highest BCUT2D eigenvalue weighted by Gasteiger charge is 2.52. The molecule has 33 heavy (non-hydrogen) atoms. The molecular formula is C22H32N6O5. The van der Waals surface area contributed by atoms with E-state index < -0.39 is 18.3 Å². The third-order valence-electron chi connectivity index (χ3n) is 6.15. The molecule has 1 aromatic rings. The van der Waals surface area contributed by atoms with Crippen molar-refractivity contribution in [3.8, 4) is 5.75 Å². The third kappa shape index (κ3) is 5.21. The standard InChI is InChI=1S/C22H32N6O5/c1-25-19-18(20(30)26(2)22(25)31)28(14-16(29)15-33-17-6-4-3-5-7-17)21(24-19)23-8-9-27-10-12-32-13-11-27/h3-7,16,18-19,29H,8-15H2,1-2H3,(H,23,24). The fraction of sp³-hybridized carbons (Fsp3) is 0.591. The van der Waals surface area contributed by atoms with Gasteiger partial charge in [0.25, 0.3) is 5.91 Å². The van der Waals surface area contributed by atoms with Crippen molar-refractivity contribution in [3.05, 3.63) is 30.3 Å². The normalized spacial score (nSPS) is 25.9. The fourth-order valence-electron chi connectivity index (χ4n) is 4.27. The molecule has 180 valence electrons. The van der Waals surface area contributed by atoms with Crippen LogP contribution in [0.25, 0.3) is 0 Å². The number of aliphatic hydroxyl groups is 1. The van der Waals surface area contributed by atoms with E-state index in [4.69, 9.17) is 14.5 Å². The molecule has 11 heteroatoms. The molecular weight excluding hydrogens is 428 g/mol. The van der Waals surface area contributed by atoms with Gasteiger partial charge in [0.2, 0.25) is 0 Å². The van der Waals surface area contributed by atoms with E-state index in [2.05, 4.69) is 10.2 Å². The molecule has 3 atom stereocenters. The first kappa shape index (κ1) is 23.3. The van der Waals surface area contributed by atoms with Crippen molar-refractivity contribution in [2.45, 2.75) is 18.3 Å². The molecule has 0 aliphatic carbocycles. The number of amides is 3. The molecule has 0 radical (unpaired) electrons. The Morgan fingerprint density at radius 1 is 1.21 bits per heavy atom. The Bertz CT molecular complexity index is 862. The molecule has 0 saturated carbocycles. The molecule has 11 nitrogen and oxygen atoms in total. The van der Waals surface area contributed by atoms with Gasteiger partial charge in [0.15, 0.2) is 12.0 Å². The highest BCUT2D eigenvalue weighted by Crippen LogP contribution is 2.24. The minimum atomic E-state index is -0.865. The third-order valence-corrected chi connectivity index (χ3v) is 6.15. The molecule has 1 aromatic carbocycles. The number of hydrogen-bond donors (Lipinski definition) is 2. The number of ether oxygens (including phenoxy) is 2. The number of nitrogens with one attached hydrogen (secondary N) is 1. The number of nitrogens with zero attached hydrogens (tertiary/aromatic N) is 5. The molecule has 3 saturated heterocycles. The van der Waals surface area contributed by atoms with E-state index in [0.29, 0.717) is 31.5 Å². The molecule has 3 unspecified atom stereocenters. The van der Waals surface area contributed by atoms with Crippen LogP contribution in [-0.4, -0.2) is 128 Å². The SMILES string of the molecule is CN1C(=O)C2C(NC(=NCCN3CCOCC3)N2CC(O)COc2ccccc2)N(C)C1=O. The first-order valence-electron chi connectivity index (χ1n) is 11.2. The molecule has 0 aromatic heterocycles. The Morgan fingerprint density at radius 2 is 1.94 bits per heavy atom.